The number of benzene rings is 1. The van der Waals surface area contributed by atoms with Gasteiger partial charge in [0.25, 0.3) is 0 Å². The van der Waals surface area contributed by atoms with Gasteiger partial charge < -0.3 is 10.6 Å². The maximum atomic E-state index is 8.58. The maximum Gasteiger partial charge on any atom is 0.0641 e. The Morgan fingerprint density at radius 3 is 2.25 bits per heavy atom. The molecule has 0 aliphatic rings. The van der Waals surface area contributed by atoms with Gasteiger partial charge in [0.05, 0.1) is 12.5 Å². The minimum Gasteiger partial charge on any atom is -0.372 e. The molecule has 0 saturated heterocycles. The molecule has 0 spiro atoms. The van der Waals surface area contributed by atoms with Crippen LogP contribution >= 0.6 is 0 Å². The van der Waals surface area contributed by atoms with Crippen LogP contribution in [0.25, 0.3) is 0 Å². The van der Waals surface area contributed by atoms with E-state index in [1.165, 1.54) is 5.69 Å². The summed E-state index contributed by atoms with van der Waals surface area (Å²) in [6.45, 7) is 6.28. The first-order valence-electron chi connectivity index (χ1n) is 5.70. The first-order chi connectivity index (χ1) is 7.72. The molecule has 0 bridgehead atoms. The van der Waals surface area contributed by atoms with E-state index in [0.29, 0.717) is 6.42 Å². The number of nitrogens with two attached hydrogens (primary N) is 1. The third-order valence-corrected chi connectivity index (χ3v) is 2.76. The summed E-state index contributed by atoms with van der Waals surface area (Å²) >= 11 is 0. The molecule has 0 fully saturated rings. The summed E-state index contributed by atoms with van der Waals surface area (Å²) in [5, 5.41) is 8.58. The van der Waals surface area contributed by atoms with E-state index in [4.69, 9.17) is 11.0 Å². The van der Waals surface area contributed by atoms with Gasteiger partial charge in [0.1, 0.15) is 0 Å². The third kappa shape index (κ3) is 2.98. The molecule has 1 rings (SSSR count). The fraction of sp³-hybridized carbons (Fsp3) is 0.462. The van der Waals surface area contributed by atoms with Gasteiger partial charge in [-0.05, 0) is 31.5 Å². The summed E-state index contributed by atoms with van der Waals surface area (Å²) in [5.41, 5.74) is 8.09. The third-order valence-electron chi connectivity index (χ3n) is 2.76. The average molecular weight is 217 g/mol. The number of rotatable bonds is 5. The summed E-state index contributed by atoms with van der Waals surface area (Å²) in [5.74, 6) is 0. The molecule has 0 amide bonds. The molecule has 86 valence electrons. The summed E-state index contributed by atoms with van der Waals surface area (Å²) in [7, 11) is 0. The molecule has 0 unspecified atom stereocenters. The average Bonchev–Trinajstić information content (AvgIpc) is 2.32. The SMILES string of the molecule is CCN(CC)c1ccc([C@H](N)CC#N)cc1. The summed E-state index contributed by atoms with van der Waals surface area (Å²) in [6.07, 6.45) is 0.366. The Hall–Kier alpha value is -1.53. The number of nitriles is 1. The Bertz CT molecular complexity index is 346. The first-order valence-corrected chi connectivity index (χ1v) is 5.70. The molecular formula is C13H19N3. The lowest BCUT2D eigenvalue weighted by atomic mass is 10.0. The molecule has 2 N–H and O–H groups in total. The molecule has 0 aromatic heterocycles. The van der Waals surface area contributed by atoms with Gasteiger partial charge in [-0.3, -0.25) is 0 Å². The van der Waals surface area contributed by atoms with E-state index in [0.717, 1.165) is 18.7 Å². The van der Waals surface area contributed by atoms with Crippen LogP contribution in [-0.4, -0.2) is 13.1 Å². The van der Waals surface area contributed by atoms with Crippen molar-refractivity contribution in [3.8, 4) is 6.07 Å². The van der Waals surface area contributed by atoms with E-state index in [9.17, 15) is 0 Å². The van der Waals surface area contributed by atoms with Crippen LogP contribution in [0, 0.1) is 11.3 Å². The molecule has 3 nitrogen and oxygen atoms in total. The molecule has 1 aromatic carbocycles. The maximum absolute atomic E-state index is 8.58. The predicted octanol–water partition coefficient (Wildman–Crippen LogP) is 2.45. The van der Waals surface area contributed by atoms with Crippen LogP contribution < -0.4 is 10.6 Å². The fourth-order valence-corrected chi connectivity index (χ4v) is 1.74. The normalized spacial score (nSPS) is 11.9. The van der Waals surface area contributed by atoms with Gasteiger partial charge in [0, 0.05) is 24.8 Å². The second-order valence-corrected chi connectivity index (χ2v) is 3.73. The van der Waals surface area contributed by atoms with Crippen LogP contribution in [0.2, 0.25) is 0 Å². The highest BCUT2D eigenvalue weighted by atomic mass is 15.1. The van der Waals surface area contributed by atoms with Gasteiger partial charge in [-0.2, -0.15) is 5.26 Å². The summed E-state index contributed by atoms with van der Waals surface area (Å²) < 4.78 is 0. The van der Waals surface area contributed by atoms with Crippen LogP contribution in [0.3, 0.4) is 0 Å². The van der Waals surface area contributed by atoms with Gasteiger partial charge >= 0.3 is 0 Å². The van der Waals surface area contributed by atoms with Crippen molar-refractivity contribution < 1.29 is 0 Å². The van der Waals surface area contributed by atoms with E-state index in [1.54, 1.807) is 0 Å². The van der Waals surface area contributed by atoms with Gasteiger partial charge in [-0.1, -0.05) is 12.1 Å². The highest BCUT2D eigenvalue weighted by Crippen LogP contribution is 2.19. The zero-order valence-corrected chi connectivity index (χ0v) is 9.98. The number of hydrogen-bond donors (Lipinski definition) is 1. The molecule has 1 atom stereocenters. The van der Waals surface area contributed by atoms with Crippen LogP contribution in [0.4, 0.5) is 5.69 Å². The van der Waals surface area contributed by atoms with Gasteiger partial charge in [0.2, 0.25) is 0 Å². The van der Waals surface area contributed by atoms with Crippen molar-refractivity contribution in [2.75, 3.05) is 18.0 Å². The standard InChI is InChI=1S/C13H19N3/c1-3-16(4-2)12-7-5-11(6-8-12)13(15)9-10-14/h5-8,13H,3-4,9,15H2,1-2H3/t13-/m1/s1. The van der Waals surface area contributed by atoms with Gasteiger partial charge in [0.15, 0.2) is 0 Å². The summed E-state index contributed by atoms with van der Waals surface area (Å²) in [6, 6.07) is 10.1. The quantitative estimate of drug-likeness (QED) is 0.824. The second kappa shape index (κ2) is 6.14. The van der Waals surface area contributed by atoms with Crippen LogP contribution in [0.15, 0.2) is 24.3 Å². The van der Waals surface area contributed by atoms with Crippen molar-refractivity contribution in [1.29, 1.82) is 5.26 Å². The van der Waals surface area contributed by atoms with E-state index in [1.807, 2.05) is 12.1 Å². The summed E-state index contributed by atoms with van der Waals surface area (Å²) in [4.78, 5) is 2.28. The van der Waals surface area contributed by atoms with Crippen molar-refractivity contribution >= 4 is 5.69 Å². The largest absolute Gasteiger partial charge is 0.372 e. The van der Waals surface area contributed by atoms with Crippen molar-refractivity contribution in [1.82, 2.24) is 0 Å². The van der Waals surface area contributed by atoms with Crippen molar-refractivity contribution in [3.63, 3.8) is 0 Å². The zero-order valence-electron chi connectivity index (χ0n) is 9.98. The molecule has 0 saturated carbocycles. The van der Waals surface area contributed by atoms with Crippen LogP contribution in [-0.2, 0) is 0 Å². The van der Waals surface area contributed by atoms with E-state index in [-0.39, 0.29) is 6.04 Å². The highest BCUT2D eigenvalue weighted by Gasteiger charge is 2.06. The molecule has 16 heavy (non-hydrogen) atoms. The van der Waals surface area contributed by atoms with Crippen molar-refractivity contribution in [2.24, 2.45) is 5.73 Å². The minimum absolute atomic E-state index is 0.171. The van der Waals surface area contributed by atoms with Gasteiger partial charge in [-0.25, -0.2) is 0 Å². The van der Waals surface area contributed by atoms with Gasteiger partial charge in [-0.15, -0.1) is 0 Å². The molecule has 0 aliphatic heterocycles. The minimum atomic E-state index is -0.171. The Balaban J connectivity index is 2.78. The van der Waals surface area contributed by atoms with Crippen LogP contribution in [0.1, 0.15) is 31.9 Å². The van der Waals surface area contributed by atoms with E-state index >= 15 is 0 Å². The number of hydrogen-bond acceptors (Lipinski definition) is 3. The van der Waals surface area contributed by atoms with Crippen molar-refractivity contribution in [2.45, 2.75) is 26.3 Å². The zero-order chi connectivity index (χ0) is 12.0. The monoisotopic (exact) mass is 217 g/mol. The number of nitrogens with zero attached hydrogens (tertiary/aromatic N) is 2. The number of anilines is 1. The Morgan fingerprint density at radius 2 is 1.81 bits per heavy atom. The molecule has 0 heterocycles. The predicted molar refractivity (Wildman–Crippen MR) is 67.2 cm³/mol. The topological polar surface area (TPSA) is 53.0 Å². The van der Waals surface area contributed by atoms with E-state index in [2.05, 4.69) is 36.9 Å². The van der Waals surface area contributed by atoms with E-state index < -0.39 is 0 Å². The highest BCUT2D eigenvalue weighted by molar-refractivity contribution is 5.47. The molecule has 0 radical (unpaired) electrons. The Labute approximate surface area is 97.5 Å². The lowest BCUT2D eigenvalue weighted by molar-refractivity contribution is 0.748. The second-order valence-electron chi connectivity index (χ2n) is 3.73. The molecular weight excluding hydrogens is 198 g/mol. The molecule has 3 heteroatoms. The molecule has 0 aliphatic carbocycles. The lowest BCUT2D eigenvalue weighted by Gasteiger charge is -2.21. The van der Waals surface area contributed by atoms with Crippen molar-refractivity contribution in [3.05, 3.63) is 29.8 Å². The first kappa shape index (κ1) is 12.5. The Morgan fingerprint density at radius 1 is 1.25 bits per heavy atom. The lowest BCUT2D eigenvalue weighted by Crippen LogP contribution is -2.21. The van der Waals surface area contributed by atoms with Crippen LogP contribution in [0.5, 0.6) is 0 Å². The Kier molecular flexibility index (Phi) is 4.81. The fourth-order valence-electron chi connectivity index (χ4n) is 1.74. The molecule has 1 aromatic rings. The smallest absolute Gasteiger partial charge is 0.0641 e.